The Balaban J connectivity index is 2.28. The van der Waals surface area contributed by atoms with Gasteiger partial charge >= 0.3 is 0 Å². The standard InChI is InChI=1S/C15H17BrN2O2/c1-15(2,3)13(19)14(18-8-4-5-9-18)20-11-6-7-12(16)17-10-11/h4-10,14H,1-3H3. The summed E-state index contributed by atoms with van der Waals surface area (Å²) in [5.74, 6) is 0.570. The lowest BCUT2D eigenvalue weighted by atomic mass is 9.89. The van der Waals surface area contributed by atoms with Crippen molar-refractivity contribution in [3.05, 3.63) is 47.5 Å². The van der Waals surface area contributed by atoms with Crippen LogP contribution in [0.15, 0.2) is 47.5 Å². The smallest absolute Gasteiger partial charge is 0.235 e. The zero-order valence-corrected chi connectivity index (χ0v) is 13.3. The van der Waals surface area contributed by atoms with Crippen molar-refractivity contribution in [2.24, 2.45) is 5.41 Å². The van der Waals surface area contributed by atoms with Gasteiger partial charge in [0.25, 0.3) is 0 Å². The lowest BCUT2D eigenvalue weighted by Crippen LogP contribution is -2.33. The summed E-state index contributed by atoms with van der Waals surface area (Å²) in [4.78, 5) is 16.7. The zero-order chi connectivity index (χ0) is 14.8. The van der Waals surface area contributed by atoms with Gasteiger partial charge in [-0.25, -0.2) is 4.98 Å². The van der Waals surface area contributed by atoms with E-state index in [1.807, 2.05) is 45.3 Å². The number of ether oxygens (including phenoxy) is 1. The largest absolute Gasteiger partial charge is 0.461 e. The van der Waals surface area contributed by atoms with Gasteiger partial charge in [-0.05, 0) is 40.2 Å². The van der Waals surface area contributed by atoms with Gasteiger partial charge in [-0.3, -0.25) is 4.79 Å². The van der Waals surface area contributed by atoms with Gasteiger partial charge in [-0.15, -0.1) is 0 Å². The summed E-state index contributed by atoms with van der Waals surface area (Å²) in [7, 11) is 0. The molecule has 0 amide bonds. The summed E-state index contributed by atoms with van der Waals surface area (Å²) in [6.07, 6.45) is 4.55. The van der Waals surface area contributed by atoms with Gasteiger partial charge < -0.3 is 9.30 Å². The maximum Gasteiger partial charge on any atom is 0.235 e. The molecule has 5 heteroatoms. The molecule has 0 bridgehead atoms. The molecule has 0 saturated carbocycles. The van der Waals surface area contributed by atoms with Crippen LogP contribution >= 0.6 is 15.9 Å². The predicted molar refractivity (Wildman–Crippen MR) is 80.5 cm³/mol. The van der Waals surface area contributed by atoms with Gasteiger partial charge in [0.2, 0.25) is 6.23 Å². The fraction of sp³-hybridized carbons (Fsp3) is 0.333. The quantitative estimate of drug-likeness (QED) is 0.797. The van der Waals surface area contributed by atoms with Gasteiger partial charge in [0, 0.05) is 17.8 Å². The Morgan fingerprint density at radius 1 is 1.30 bits per heavy atom. The van der Waals surface area contributed by atoms with Gasteiger partial charge in [0.05, 0.1) is 6.20 Å². The van der Waals surface area contributed by atoms with E-state index >= 15 is 0 Å². The number of Topliss-reactive ketones (excluding diaryl/α,β-unsaturated/α-hetero) is 1. The predicted octanol–water partition coefficient (Wildman–Crippen LogP) is 3.84. The van der Waals surface area contributed by atoms with E-state index in [1.54, 1.807) is 22.9 Å². The number of aromatic nitrogens is 2. The number of hydrogen-bond donors (Lipinski definition) is 0. The Morgan fingerprint density at radius 3 is 2.45 bits per heavy atom. The summed E-state index contributed by atoms with van der Waals surface area (Å²) in [6, 6.07) is 7.30. The number of carbonyl (C=O) groups is 1. The highest BCUT2D eigenvalue weighted by atomic mass is 79.9. The zero-order valence-electron chi connectivity index (χ0n) is 11.7. The van der Waals surface area contributed by atoms with Crippen LogP contribution in [-0.4, -0.2) is 15.3 Å². The Hall–Kier alpha value is -1.62. The molecular formula is C15H17BrN2O2. The van der Waals surface area contributed by atoms with Crippen LogP contribution < -0.4 is 4.74 Å². The Bertz CT molecular complexity index is 571. The van der Waals surface area contributed by atoms with Crippen LogP contribution in [0.4, 0.5) is 0 Å². The molecule has 2 heterocycles. The molecule has 4 nitrogen and oxygen atoms in total. The molecule has 0 N–H and O–H groups in total. The van der Waals surface area contributed by atoms with Crippen LogP contribution in [0.25, 0.3) is 0 Å². The van der Waals surface area contributed by atoms with Crippen molar-refractivity contribution in [2.45, 2.75) is 27.0 Å². The van der Waals surface area contributed by atoms with Crippen molar-refractivity contribution in [3.8, 4) is 5.75 Å². The summed E-state index contributed by atoms with van der Waals surface area (Å²) < 4.78 is 8.32. The molecule has 0 aromatic carbocycles. The molecule has 2 aromatic rings. The minimum Gasteiger partial charge on any atom is -0.461 e. The number of rotatable bonds is 4. The summed E-state index contributed by atoms with van der Waals surface area (Å²) in [5, 5.41) is 0. The van der Waals surface area contributed by atoms with Crippen molar-refractivity contribution in [1.29, 1.82) is 0 Å². The first-order valence-corrected chi connectivity index (χ1v) is 7.12. The average Bonchev–Trinajstić information content (AvgIpc) is 2.90. The molecule has 2 aromatic heterocycles. The van der Waals surface area contributed by atoms with Crippen LogP contribution in [0.3, 0.4) is 0 Å². The van der Waals surface area contributed by atoms with E-state index in [9.17, 15) is 4.79 Å². The van der Waals surface area contributed by atoms with Gasteiger partial charge in [0.1, 0.15) is 10.4 Å². The molecule has 2 rings (SSSR count). The van der Waals surface area contributed by atoms with Crippen LogP contribution in [0.1, 0.15) is 27.0 Å². The molecule has 0 radical (unpaired) electrons. The summed E-state index contributed by atoms with van der Waals surface area (Å²) in [5.41, 5.74) is -0.488. The van der Waals surface area contributed by atoms with Crippen LogP contribution in [-0.2, 0) is 4.79 Å². The monoisotopic (exact) mass is 336 g/mol. The lowest BCUT2D eigenvalue weighted by Gasteiger charge is -2.26. The third-order valence-electron chi connectivity index (χ3n) is 2.81. The Kier molecular flexibility index (Phi) is 4.28. The highest BCUT2D eigenvalue weighted by molar-refractivity contribution is 9.10. The van der Waals surface area contributed by atoms with E-state index < -0.39 is 11.6 Å². The fourth-order valence-electron chi connectivity index (χ4n) is 1.69. The number of hydrogen-bond acceptors (Lipinski definition) is 3. The fourth-order valence-corrected chi connectivity index (χ4v) is 1.92. The van der Waals surface area contributed by atoms with Crippen LogP contribution in [0.5, 0.6) is 5.75 Å². The van der Waals surface area contributed by atoms with Crippen molar-refractivity contribution in [3.63, 3.8) is 0 Å². The molecular weight excluding hydrogens is 320 g/mol. The van der Waals surface area contributed by atoms with Gasteiger partial charge in [-0.1, -0.05) is 20.8 Å². The first kappa shape index (κ1) is 14.8. The van der Waals surface area contributed by atoms with E-state index in [2.05, 4.69) is 20.9 Å². The second kappa shape index (κ2) is 5.79. The number of ketones is 1. The van der Waals surface area contributed by atoms with E-state index in [0.29, 0.717) is 5.75 Å². The molecule has 0 saturated heterocycles. The van der Waals surface area contributed by atoms with E-state index in [0.717, 1.165) is 4.60 Å². The highest BCUT2D eigenvalue weighted by Crippen LogP contribution is 2.26. The first-order chi connectivity index (χ1) is 9.38. The number of carbonyl (C=O) groups excluding carboxylic acids is 1. The summed E-state index contributed by atoms with van der Waals surface area (Å²) in [6.45, 7) is 5.65. The molecule has 0 aliphatic carbocycles. The van der Waals surface area contributed by atoms with Crippen LogP contribution in [0.2, 0.25) is 0 Å². The number of pyridine rings is 1. The Labute approximate surface area is 126 Å². The van der Waals surface area contributed by atoms with Gasteiger partial charge in [-0.2, -0.15) is 0 Å². The molecule has 20 heavy (non-hydrogen) atoms. The molecule has 0 aliphatic heterocycles. The molecule has 0 fully saturated rings. The molecule has 1 unspecified atom stereocenters. The summed E-state index contributed by atoms with van der Waals surface area (Å²) >= 11 is 3.27. The molecule has 0 spiro atoms. The normalized spacial score (nSPS) is 13.0. The first-order valence-electron chi connectivity index (χ1n) is 6.33. The SMILES string of the molecule is CC(C)(C)C(=O)C(Oc1ccc(Br)nc1)n1cccc1. The topological polar surface area (TPSA) is 44.1 Å². The minimum atomic E-state index is -0.687. The third kappa shape index (κ3) is 3.48. The lowest BCUT2D eigenvalue weighted by molar-refractivity contribution is -0.137. The Morgan fingerprint density at radius 2 is 1.95 bits per heavy atom. The van der Waals surface area contributed by atoms with Crippen molar-refractivity contribution in [1.82, 2.24) is 9.55 Å². The molecule has 0 aliphatic rings. The van der Waals surface area contributed by atoms with E-state index in [1.165, 1.54) is 0 Å². The number of halogens is 1. The molecule has 106 valence electrons. The van der Waals surface area contributed by atoms with Crippen molar-refractivity contribution >= 4 is 21.7 Å². The van der Waals surface area contributed by atoms with Crippen LogP contribution in [0, 0.1) is 5.41 Å². The van der Waals surface area contributed by atoms with Crippen molar-refractivity contribution in [2.75, 3.05) is 0 Å². The minimum absolute atomic E-state index is 0.0108. The third-order valence-corrected chi connectivity index (χ3v) is 3.28. The number of nitrogens with zero attached hydrogens (tertiary/aromatic N) is 2. The maximum atomic E-state index is 12.6. The average molecular weight is 337 g/mol. The van der Waals surface area contributed by atoms with E-state index in [4.69, 9.17) is 4.74 Å². The molecule has 1 atom stereocenters. The maximum absolute atomic E-state index is 12.6. The van der Waals surface area contributed by atoms with E-state index in [-0.39, 0.29) is 5.78 Å². The van der Waals surface area contributed by atoms with Crippen molar-refractivity contribution < 1.29 is 9.53 Å². The van der Waals surface area contributed by atoms with Gasteiger partial charge in [0.15, 0.2) is 5.78 Å². The second-order valence-electron chi connectivity index (χ2n) is 5.53. The highest BCUT2D eigenvalue weighted by Gasteiger charge is 2.32. The second-order valence-corrected chi connectivity index (χ2v) is 6.34.